The molecule has 2 aromatic carbocycles. The molecule has 8 heteroatoms. The number of carbonyl (C=O) groups is 2. The summed E-state index contributed by atoms with van der Waals surface area (Å²) in [5, 5.41) is 15.1. The van der Waals surface area contributed by atoms with Gasteiger partial charge in [-0.25, -0.2) is 14.8 Å². The fourth-order valence-corrected chi connectivity index (χ4v) is 3.10. The first-order chi connectivity index (χ1) is 13.3. The van der Waals surface area contributed by atoms with Crippen molar-refractivity contribution in [2.45, 2.75) is 13.8 Å². The molecule has 0 fully saturated rings. The van der Waals surface area contributed by atoms with E-state index >= 15 is 0 Å². The van der Waals surface area contributed by atoms with Crippen LogP contribution in [0.5, 0.6) is 0 Å². The molecule has 3 rings (SSSR count). The first-order valence-corrected chi connectivity index (χ1v) is 9.43. The third-order valence-corrected chi connectivity index (χ3v) is 4.52. The van der Waals surface area contributed by atoms with Crippen molar-refractivity contribution >= 4 is 51.8 Å². The Hall–Kier alpha value is -3.01. The van der Waals surface area contributed by atoms with Gasteiger partial charge in [0.05, 0.1) is 11.3 Å². The summed E-state index contributed by atoms with van der Waals surface area (Å²) in [4.78, 5) is 32.5. The number of carbonyl (C=O) groups excluding carboxylic acids is 1. The Labute approximate surface area is 175 Å². The molecule has 0 aliphatic heterocycles. The quantitative estimate of drug-likeness (QED) is 0.461. The van der Waals surface area contributed by atoms with Crippen molar-refractivity contribution in [3.8, 4) is 0 Å². The van der Waals surface area contributed by atoms with Crippen LogP contribution in [0, 0.1) is 17.4 Å². The molecule has 0 saturated carbocycles. The van der Waals surface area contributed by atoms with Crippen LogP contribution in [-0.2, 0) is 0 Å². The number of hydrogen-bond donors (Lipinski definition) is 3. The average molecular weight is 488 g/mol. The lowest BCUT2D eigenvalue weighted by atomic mass is 10.1. The Kier molecular flexibility index (Phi) is 5.88. The molecule has 0 atom stereocenters. The predicted molar refractivity (Wildman–Crippen MR) is 115 cm³/mol. The number of anilines is 3. The topological polar surface area (TPSA) is 104 Å². The number of aromatic nitrogens is 2. The number of nitrogens with one attached hydrogen (secondary N) is 2. The van der Waals surface area contributed by atoms with E-state index in [-0.39, 0.29) is 11.3 Å². The number of aryl methyl sites for hydroxylation is 2. The van der Waals surface area contributed by atoms with Crippen molar-refractivity contribution in [3.63, 3.8) is 0 Å². The van der Waals surface area contributed by atoms with Gasteiger partial charge in [-0.1, -0.05) is 0 Å². The minimum absolute atomic E-state index is 0.0468. The maximum atomic E-state index is 12.5. The minimum atomic E-state index is -1.10. The lowest BCUT2D eigenvalue weighted by Gasteiger charge is -2.10. The van der Waals surface area contributed by atoms with Crippen LogP contribution in [-0.4, -0.2) is 27.0 Å². The monoisotopic (exact) mass is 488 g/mol. The van der Waals surface area contributed by atoms with Crippen molar-refractivity contribution in [2.24, 2.45) is 0 Å². The standard InChI is InChI=1S/C20H17IN4O3/c1-11-9-12(2)23-20(22-11)24-15-6-3-13(4-7-15)18(26)25-17-8-5-14(21)10-16(17)19(27)28/h3-10H,1-2H3,(H,25,26)(H,27,28)(H,22,23,24). The number of halogens is 1. The van der Waals surface area contributed by atoms with Crippen LogP contribution >= 0.6 is 22.6 Å². The Morgan fingerprint density at radius 3 is 2.21 bits per heavy atom. The molecular weight excluding hydrogens is 471 g/mol. The highest BCUT2D eigenvalue weighted by atomic mass is 127. The third-order valence-electron chi connectivity index (χ3n) is 3.85. The van der Waals surface area contributed by atoms with E-state index < -0.39 is 11.9 Å². The Bertz CT molecular complexity index is 1030. The molecule has 0 radical (unpaired) electrons. The number of carboxylic acid groups (broad SMARTS) is 1. The van der Waals surface area contributed by atoms with Gasteiger partial charge in [0.2, 0.25) is 5.95 Å². The van der Waals surface area contributed by atoms with E-state index in [2.05, 4.69) is 20.6 Å². The first kappa shape index (κ1) is 19.7. The Morgan fingerprint density at radius 2 is 1.61 bits per heavy atom. The van der Waals surface area contributed by atoms with E-state index in [9.17, 15) is 14.7 Å². The lowest BCUT2D eigenvalue weighted by Crippen LogP contribution is -2.15. The SMILES string of the molecule is Cc1cc(C)nc(Nc2ccc(C(=O)Nc3ccc(I)cc3C(=O)O)cc2)n1. The number of aromatic carboxylic acids is 1. The zero-order valence-corrected chi connectivity index (χ0v) is 17.3. The van der Waals surface area contributed by atoms with Crippen LogP contribution in [0.3, 0.4) is 0 Å². The third kappa shape index (κ3) is 4.83. The van der Waals surface area contributed by atoms with Crippen LogP contribution in [0.1, 0.15) is 32.1 Å². The van der Waals surface area contributed by atoms with Gasteiger partial charge in [-0.3, -0.25) is 4.79 Å². The van der Waals surface area contributed by atoms with E-state index in [1.165, 1.54) is 6.07 Å². The van der Waals surface area contributed by atoms with E-state index in [1.54, 1.807) is 36.4 Å². The van der Waals surface area contributed by atoms with Gasteiger partial charge in [0.15, 0.2) is 0 Å². The van der Waals surface area contributed by atoms with Crippen LogP contribution in [0.25, 0.3) is 0 Å². The summed E-state index contributed by atoms with van der Waals surface area (Å²) in [6.07, 6.45) is 0. The van der Waals surface area contributed by atoms with E-state index in [1.807, 2.05) is 42.5 Å². The van der Waals surface area contributed by atoms with Crippen molar-refractivity contribution in [1.82, 2.24) is 9.97 Å². The van der Waals surface area contributed by atoms with Gasteiger partial charge in [0, 0.05) is 26.2 Å². The second-order valence-electron chi connectivity index (χ2n) is 6.13. The Morgan fingerprint density at radius 1 is 0.964 bits per heavy atom. The summed E-state index contributed by atoms with van der Waals surface area (Å²) < 4.78 is 0.775. The molecule has 0 unspecified atom stereocenters. The molecule has 3 aromatic rings. The Balaban J connectivity index is 1.75. The number of carboxylic acids is 1. The summed E-state index contributed by atoms with van der Waals surface area (Å²) in [5.74, 6) is -1.00. The number of benzene rings is 2. The summed E-state index contributed by atoms with van der Waals surface area (Å²) in [6, 6.07) is 13.5. The predicted octanol–water partition coefficient (Wildman–Crippen LogP) is 4.39. The number of rotatable bonds is 5. The van der Waals surface area contributed by atoms with E-state index in [0.29, 0.717) is 11.5 Å². The van der Waals surface area contributed by atoms with Crippen LogP contribution in [0.15, 0.2) is 48.5 Å². The molecule has 142 valence electrons. The van der Waals surface area contributed by atoms with Gasteiger partial charge in [0.1, 0.15) is 0 Å². The fourth-order valence-electron chi connectivity index (χ4n) is 2.61. The normalized spacial score (nSPS) is 10.4. The number of amides is 1. The fraction of sp³-hybridized carbons (Fsp3) is 0.100. The summed E-state index contributed by atoms with van der Waals surface area (Å²) >= 11 is 2.02. The first-order valence-electron chi connectivity index (χ1n) is 8.35. The molecule has 1 amide bonds. The molecule has 28 heavy (non-hydrogen) atoms. The maximum absolute atomic E-state index is 12.5. The second kappa shape index (κ2) is 8.34. The highest BCUT2D eigenvalue weighted by Gasteiger charge is 2.14. The van der Waals surface area contributed by atoms with Gasteiger partial charge in [-0.05, 0) is 85.0 Å². The van der Waals surface area contributed by atoms with Gasteiger partial charge < -0.3 is 15.7 Å². The average Bonchev–Trinajstić information content (AvgIpc) is 2.62. The zero-order chi connectivity index (χ0) is 20.3. The lowest BCUT2D eigenvalue weighted by molar-refractivity contribution is 0.0698. The molecule has 0 bridgehead atoms. The van der Waals surface area contributed by atoms with Crippen molar-refractivity contribution < 1.29 is 14.7 Å². The highest BCUT2D eigenvalue weighted by molar-refractivity contribution is 14.1. The molecule has 1 heterocycles. The summed E-state index contributed by atoms with van der Waals surface area (Å²) in [7, 11) is 0. The van der Waals surface area contributed by atoms with Crippen molar-refractivity contribution in [2.75, 3.05) is 10.6 Å². The molecule has 3 N–H and O–H groups in total. The van der Waals surface area contributed by atoms with Crippen LogP contribution < -0.4 is 10.6 Å². The highest BCUT2D eigenvalue weighted by Crippen LogP contribution is 2.21. The van der Waals surface area contributed by atoms with Crippen LogP contribution in [0.4, 0.5) is 17.3 Å². The van der Waals surface area contributed by atoms with Gasteiger partial charge >= 0.3 is 5.97 Å². The second-order valence-corrected chi connectivity index (χ2v) is 7.37. The smallest absolute Gasteiger partial charge is 0.337 e. The molecule has 0 aliphatic rings. The molecule has 0 spiro atoms. The molecule has 0 aliphatic carbocycles. The number of nitrogens with zero attached hydrogens (tertiary/aromatic N) is 2. The van der Waals surface area contributed by atoms with E-state index in [0.717, 1.165) is 20.6 Å². The van der Waals surface area contributed by atoms with Crippen LogP contribution in [0.2, 0.25) is 0 Å². The van der Waals surface area contributed by atoms with Gasteiger partial charge in [-0.2, -0.15) is 0 Å². The molecular formula is C20H17IN4O3. The number of hydrogen-bond acceptors (Lipinski definition) is 5. The van der Waals surface area contributed by atoms with Crippen molar-refractivity contribution in [1.29, 1.82) is 0 Å². The van der Waals surface area contributed by atoms with Gasteiger partial charge in [0.25, 0.3) is 5.91 Å². The molecule has 1 aromatic heterocycles. The molecule has 0 saturated heterocycles. The molecule has 7 nitrogen and oxygen atoms in total. The zero-order valence-electron chi connectivity index (χ0n) is 15.2. The minimum Gasteiger partial charge on any atom is -0.478 e. The largest absolute Gasteiger partial charge is 0.478 e. The van der Waals surface area contributed by atoms with Gasteiger partial charge in [-0.15, -0.1) is 0 Å². The van der Waals surface area contributed by atoms with Crippen molar-refractivity contribution in [3.05, 3.63) is 74.6 Å². The summed E-state index contributed by atoms with van der Waals surface area (Å²) in [6.45, 7) is 3.78. The maximum Gasteiger partial charge on any atom is 0.337 e. The van der Waals surface area contributed by atoms with E-state index in [4.69, 9.17) is 0 Å². The summed E-state index contributed by atoms with van der Waals surface area (Å²) in [5.41, 5.74) is 3.16.